The second-order valence-corrected chi connectivity index (χ2v) is 5.56. The van der Waals surface area contributed by atoms with Gasteiger partial charge < -0.3 is 14.2 Å². The Labute approximate surface area is 131 Å². The SMILES string of the molecule is Cc1nccn1CC(O)Cn1cnc2c1c(=O)n(C)c(=O)n2C. The Balaban J connectivity index is 1.97. The zero-order valence-corrected chi connectivity index (χ0v) is 13.2. The predicted octanol–water partition coefficient (Wildman–Crippen LogP) is -1.00. The van der Waals surface area contributed by atoms with Crippen LogP contribution in [0.5, 0.6) is 0 Å². The van der Waals surface area contributed by atoms with E-state index in [1.165, 1.54) is 17.9 Å². The van der Waals surface area contributed by atoms with E-state index in [0.29, 0.717) is 17.7 Å². The first kappa shape index (κ1) is 15.2. The molecule has 0 saturated carbocycles. The number of aliphatic hydroxyl groups excluding tert-OH is 1. The Kier molecular flexibility index (Phi) is 3.64. The van der Waals surface area contributed by atoms with Crippen LogP contribution in [-0.4, -0.2) is 39.4 Å². The van der Waals surface area contributed by atoms with Gasteiger partial charge >= 0.3 is 5.69 Å². The number of nitrogens with zero attached hydrogens (tertiary/aromatic N) is 6. The molecule has 1 atom stereocenters. The number of fused-ring (bicyclic) bond motifs is 1. The summed E-state index contributed by atoms with van der Waals surface area (Å²) >= 11 is 0. The standard InChI is InChI=1S/C14H18N6O3/c1-9-15-4-5-19(9)6-10(21)7-20-8-16-12-11(20)13(22)18(3)14(23)17(12)2/h4-5,8,10,21H,6-7H2,1-3H3. The third-order valence-electron chi connectivity index (χ3n) is 3.96. The molecule has 0 bridgehead atoms. The van der Waals surface area contributed by atoms with Crippen LogP contribution >= 0.6 is 0 Å². The number of imidazole rings is 2. The van der Waals surface area contributed by atoms with Gasteiger partial charge in [-0.25, -0.2) is 14.8 Å². The molecule has 1 N–H and O–H groups in total. The Morgan fingerprint density at radius 2 is 1.83 bits per heavy atom. The maximum Gasteiger partial charge on any atom is 0.332 e. The summed E-state index contributed by atoms with van der Waals surface area (Å²) in [6.07, 6.45) is 4.20. The fraction of sp³-hybridized carbons (Fsp3) is 0.429. The van der Waals surface area contributed by atoms with Gasteiger partial charge in [0.2, 0.25) is 0 Å². The molecule has 0 aromatic carbocycles. The molecule has 3 rings (SSSR count). The van der Waals surface area contributed by atoms with Crippen molar-refractivity contribution < 1.29 is 5.11 Å². The summed E-state index contributed by atoms with van der Waals surface area (Å²) in [6.45, 7) is 2.41. The lowest BCUT2D eigenvalue weighted by molar-refractivity contribution is 0.135. The van der Waals surface area contributed by atoms with E-state index >= 15 is 0 Å². The van der Waals surface area contributed by atoms with Gasteiger partial charge in [-0.05, 0) is 6.92 Å². The third-order valence-corrected chi connectivity index (χ3v) is 3.96. The number of hydrogen-bond donors (Lipinski definition) is 1. The molecule has 0 aliphatic heterocycles. The Morgan fingerprint density at radius 3 is 2.48 bits per heavy atom. The normalized spacial score (nSPS) is 12.9. The van der Waals surface area contributed by atoms with Gasteiger partial charge in [-0.3, -0.25) is 13.9 Å². The summed E-state index contributed by atoms with van der Waals surface area (Å²) in [5.41, 5.74) is -0.242. The molecule has 9 nitrogen and oxygen atoms in total. The summed E-state index contributed by atoms with van der Waals surface area (Å²) in [7, 11) is 2.99. The largest absolute Gasteiger partial charge is 0.389 e. The molecule has 122 valence electrons. The molecule has 0 spiro atoms. The van der Waals surface area contributed by atoms with Gasteiger partial charge in [0.05, 0.1) is 25.5 Å². The lowest BCUT2D eigenvalue weighted by Gasteiger charge is -2.14. The molecule has 3 aromatic heterocycles. The predicted molar refractivity (Wildman–Crippen MR) is 83.2 cm³/mol. The van der Waals surface area contributed by atoms with E-state index in [1.54, 1.807) is 24.0 Å². The van der Waals surface area contributed by atoms with Gasteiger partial charge in [0, 0.05) is 26.5 Å². The van der Waals surface area contributed by atoms with Gasteiger partial charge in [0.15, 0.2) is 11.2 Å². The van der Waals surface area contributed by atoms with E-state index in [9.17, 15) is 14.7 Å². The Hall–Kier alpha value is -2.68. The molecular weight excluding hydrogens is 300 g/mol. The summed E-state index contributed by atoms with van der Waals surface area (Å²) in [5, 5.41) is 10.3. The minimum atomic E-state index is -0.720. The van der Waals surface area contributed by atoms with Crippen molar-refractivity contribution in [3.63, 3.8) is 0 Å². The van der Waals surface area contributed by atoms with Crippen LogP contribution in [0.3, 0.4) is 0 Å². The molecule has 9 heteroatoms. The zero-order chi connectivity index (χ0) is 16.7. The number of rotatable bonds is 4. The molecule has 0 amide bonds. The average molecular weight is 318 g/mol. The molecule has 0 fully saturated rings. The van der Waals surface area contributed by atoms with Crippen molar-refractivity contribution in [1.82, 2.24) is 28.2 Å². The quantitative estimate of drug-likeness (QED) is 0.665. The third kappa shape index (κ3) is 2.48. The van der Waals surface area contributed by atoms with Crippen LogP contribution in [0.4, 0.5) is 0 Å². The van der Waals surface area contributed by atoms with Gasteiger partial charge in [-0.15, -0.1) is 0 Å². The van der Waals surface area contributed by atoms with E-state index in [1.807, 2.05) is 11.5 Å². The van der Waals surface area contributed by atoms with E-state index in [4.69, 9.17) is 0 Å². The van der Waals surface area contributed by atoms with Crippen molar-refractivity contribution >= 4 is 11.2 Å². The molecule has 0 saturated heterocycles. The summed E-state index contributed by atoms with van der Waals surface area (Å²) < 4.78 is 5.76. The molecule has 1 unspecified atom stereocenters. The highest BCUT2D eigenvalue weighted by Crippen LogP contribution is 2.08. The van der Waals surface area contributed by atoms with Crippen LogP contribution in [0.2, 0.25) is 0 Å². The number of hydrogen-bond acceptors (Lipinski definition) is 5. The molecular formula is C14H18N6O3. The topological polar surface area (TPSA) is 99.9 Å². The highest BCUT2D eigenvalue weighted by Gasteiger charge is 2.16. The Bertz CT molecular complexity index is 977. The van der Waals surface area contributed by atoms with Crippen molar-refractivity contribution in [2.75, 3.05) is 0 Å². The van der Waals surface area contributed by atoms with Crippen LogP contribution < -0.4 is 11.2 Å². The molecule has 0 radical (unpaired) electrons. The minimum absolute atomic E-state index is 0.196. The smallest absolute Gasteiger partial charge is 0.332 e. The van der Waals surface area contributed by atoms with Crippen molar-refractivity contribution in [2.24, 2.45) is 14.1 Å². The monoisotopic (exact) mass is 318 g/mol. The highest BCUT2D eigenvalue weighted by molar-refractivity contribution is 5.69. The molecule has 23 heavy (non-hydrogen) atoms. The van der Waals surface area contributed by atoms with E-state index in [0.717, 1.165) is 10.4 Å². The zero-order valence-electron chi connectivity index (χ0n) is 13.2. The van der Waals surface area contributed by atoms with Gasteiger partial charge in [0.25, 0.3) is 5.56 Å². The number of aryl methyl sites for hydroxylation is 2. The van der Waals surface area contributed by atoms with Crippen LogP contribution in [-0.2, 0) is 27.2 Å². The summed E-state index contributed by atoms with van der Waals surface area (Å²) in [6, 6.07) is 0. The maximum absolute atomic E-state index is 12.3. The number of aromatic nitrogens is 6. The second kappa shape index (κ2) is 5.51. The first-order valence-corrected chi connectivity index (χ1v) is 7.16. The highest BCUT2D eigenvalue weighted by atomic mass is 16.3. The van der Waals surface area contributed by atoms with E-state index < -0.39 is 17.4 Å². The van der Waals surface area contributed by atoms with Crippen LogP contribution in [0, 0.1) is 6.92 Å². The molecule has 3 heterocycles. The first-order chi connectivity index (χ1) is 10.9. The van der Waals surface area contributed by atoms with Gasteiger partial charge in [0.1, 0.15) is 5.82 Å². The molecule has 3 aromatic rings. The van der Waals surface area contributed by atoms with Crippen LogP contribution in [0.15, 0.2) is 28.3 Å². The first-order valence-electron chi connectivity index (χ1n) is 7.16. The summed E-state index contributed by atoms with van der Waals surface area (Å²) in [4.78, 5) is 32.5. The fourth-order valence-electron chi connectivity index (χ4n) is 2.64. The van der Waals surface area contributed by atoms with Crippen LogP contribution in [0.1, 0.15) is 5.82 Å². The lowest BCUT2D eigenvalue weighted by Crippen LogP contribution is -2.38. The second-order valence-electron chi connectivity index (χ2n) is 5.56. The van der Waals surface area contributed by atoms with Crippen molar-refractivity contribution in [3.8, 4) is 0 Å². The lowest BCUT2D eigenvalue weighted by atomic mass is 10.3. The van der Waals surface area contributed by atoms with Gasteiger partial charge in [-0.1, -0.05) is 0 Å². The molecule has 0 aliphatic rings. The molecule has 0 aliphatic carbocycles. The van der Waals surface area contributed by atoms with Crippen molar-refractivity contribution in [3.05, 3.63) is 45.4 Å². The van der Waals surface area contributed by atoms with E-state index in [2.05, 4.69) is 9.97 Å². The average Bonchev–Trinajstić information content (AvgIpc) is 3.10. The van der Waals surface area contributed by atoms with Gasteiger partial charge in [-0.2, -0.15) is 0 Å². The maximum atomic E-state index is 12.3. The van der Waals surface area contributed by atoms with Crippen molar-refractivity contribution in [2.45, 2.75) is 26.1 Å². The minimum Gasteiger partial charge on any atom is -0.389 e. The van der Waals surface area contributed by atoms with Crippen molar-refractivity contribution in [1.29, 1.82) is 0 Å². The van der Waals surface area contributed by atoms with Crippen LogP contribution in [0.25, 0.3) is 11.2 Å². The Morgan fingerprint density at radius 1 is 1.13 bits per heavy atom. The van der Waals surface area contributed by atoms with E-state index in [-0.39, 0.29) is 6.54 Å². The fourth-order valence-corrected chi connectivity index (χ4v) is 2.64. The summed E-state index contributed by atoms with van der Waals surface area (Å²) in [5.74, 6) is 0.804. The number of aliphatic hydroxyl groups is 1.